The zero-order chi connectivity index (χ0) is 25.2. The lowest BCUT2D eigenvalue weighted by atomic mass is 9.92. The average Bonchev–Trinajstić information content (AvgIpc) is 3.44. The first-order chi connectivity index (χ1) is 16.7. The molecule has 3 heterocycles. The van der Waals surface area contributed by atoms with Gasteiger partial charge in [0, 0.05) is 38.0 Å². The molecule has 0 aliphatic carbocycles. The monoisotopic (exact) mass is 501 g/mol. The number of aromatic nitrogens is 3. The number of ketones is 1. The number of anilines is 3. The van der Waals surface area contributed by atoms with Crippen LogP contribution in [0.15, 0.2) is 36.7 Å². The van der Waals surface area contributed by atoms with Crippen molar-refractivity contribution in [2.75, 3.05) is 37.0 Å². The second kappa shape index (κ2) is 10.1. The van der Waals surface area contributed by atoms with Crippen LogP contribution in [0.5, 0.6) is 0 Å². The van der Waals surface area contributed by atoms with Crippen molar-refractivity contribution in [3.8, 4) is 10.7 Å². The molecule has 0 amide bonds. The maximum Gasteiger partial charge on any atom is 0.223 e. The summed E-state index contributed by atoms with van der Waals surface area (Å²) in [6.45, 7) is 5.23. The standard InChI is InChI=1S/C23H25F2N7O2S/c1-23(2)20(17(34)12-33)29-13-32(23)9-8-26-22-28-10-16(25)19(30-22)21-27-11-18(35-21)31(3)15-6-4-14(24)5-7-15/h4-7,10-12,20,29H,8-9,13H2,1-3H3,(H,26,28,30). The fourth-order valence-electron chi connectivity index (χ4n) is 3.95. The van der Waals surface area contributed by atoms with Crippen molar-refractivity contribution in [1.29, 1.82) is 0 Å². The molecule has 0 spiro atoms. The van der Waals surface area contributed by atoms with Crippen LogP contribution in [0.1, 0.15) is 13.8 Å². The van der Waals surface area contributed by atoms with Crippen LogP contribution in [0.25, 0.3) is 10.7 Å². The van der Waals surface area contributed by atoms with Crippen molar-refractivity contribution in [2.45, 2.75) is 25.4 Å². The van der Waals surface area contributed by atoms with E-state index >= 15 is 0 Å². The maximum absolute atomic E-state index is 14.5. The van der Waals surface area contributed by atoms with Crippen molar-refractivity contribution in [1.82, 2.24) is 25.2 Å². The van der Waals surface area contributed by atoms with Crippen molar-refractivity contribution >= 4 is 40.0 Å². The highest BCUT2D eigenvalue weighted by Gasteiger charge is 2.44. The van der Waals surface area contributed by atoms with E-state index < -0.39 is 23.2 Å². The molecule has 1 atom stereocenters. The van der Waals surface area contributed by atoms with Gasteiger partial charge < -0.3 is 10.2 Å². The number of halogens is 2. The molecule has 0 saturated carbocycles. The number of carbonyl (C=O) groups is 2. The van der Waals surface area contributed by atoms with Crippen LogP contribution in [-0.4, -0.2) is 70.3 Å². The third kappa shape index (κ3) is 5.19. The molecular formula is C23H25F2N7O2S. The van der Waals surface area contributed by atoms with Gasteiger partial charge in [0.25, 0.3) is 0 Å². The molecule has 0 radical (unpaired) electrons. The third-order valence-electron chi connectivity index (χ3n) is 6.06. The van der Waals surface area contributed by atoms with Gasteiger partial charge in [0.1, 0.15) is 21.5 Å². The number of hydrogen-bond donors (Lipinski definition) is 2. The van der Waals surface area contributed by atoms with E-state index in [0.29, 0.717) is 31.1 Å². The summed E-state index contributed by atoms with van der Waals surface area (Å²) < 4.78 is 27.8. The Balaban J connectivity index is 1.42. The van der Waals surface area contributed by atoms with Crippen molar-refractivity contribution in [2.24, 2.45) is 0 Å². The summed E-state index contributed by atoms with van der Waals surface area (Å²) in [6.07, 6.45) is 3.05. The first kappa shape index (κ1) is 24.8. The average molecular weight is 502 g/mol. The minimum absolute atomic E-state index is 0.0751. The number of benzene rings is 1. The smallest absolute Gasteiger partial charge is 0.223 e. The molecule has 12 heteroatoms. The summed E-state index contributed by atoms with van der Waals surface area (Å²) in [5.74, 6) is -1.16. The second-order valence-electron chi connectivity index (χ2n) is 8.59. The summed E-state index contributed by atoms with van der Waals surface area (Å²) in [4.78, 5) is 39.3. The molecule has 35 heavy (non-hydrogen) atoms. The van der Waals surface area contributed by atoms with Crippen LogP contribution in [0.2, 0.25) is 0 Å². The number of carbonyl (C=O) groups excluding carboxylic acids is 2. The zero-order valence-corrected chi connectivity index (χ0v) is 20.3. The predicted molar refractivity (Wildman–Crippen MR) is 130 cm³/mol. The van der Waals surface area contributed by atoms with Gasteiger partial charge in [-0.2, -0.15) is 0 Å². The van der Waals surface area contributed by atoms with Gasteiger partial charge in [-0.15, -0.1) is 0 Å². The molecule has 1 aromatic carbocycles. The van der Waals surface area contributed by atoms with E-state index in [9.17, 15) is 18.4 Å². The van der Waals surface area contributed by atoms with Gasteiger partial charge >= 0.3 is 0 Å². The predicted octanol–water partition coefficient (Wildman–Crippen LogP) is 2.84. The molecule has 1 unspecified atom stereocenters. The van der Waals surface area contributed by atoms with Crippen LogP contribution in [0.3, 0.4) is 0 Å². The SMILES string of the molecule is CN(c1ccc(F)cc1)c1cnc(-c2nc(NCCN3CNC(C(=O)C=O)C3(C)C)ncc2F)s1. The van der Waals surface area contributed by atoms with E-state index in [1.165, 1.54) is 23.5 Å². The molecule has 1 aliphatic heterocycles. The quantitative estimate of drug-likeness (QED) is 0.338. The fourth-order valence-corrected chi connectivity index (χ4v) is 4.84. The number of thiazole rings is 1. The Morgan fingerprint density at radius 2 is 2.03 bits per heavy atom. The van der Waals surface area contributed by atoms with Gasteiger partial charge in [0.2, 0.25) is 11.7 Å². The first-order valence-electron chi connectivity index (χ1n) is 10.9. The minimum Gasteiger partial charge on any atom is -0.353 e. The van der Waals surface area contributed by atoms with Crippen LogP contribution >= 0.6 is 11.3 Å². The van der Waals surface area contributed by atoms with Crippen LogP contribution in [0, 0.1) is 11.6 Å². The highest BCUT2D eigenvalue weighted by atomic mass is 32.1. The lowest BCUT2D eigenvalue weighted by molar-refractivity contribution is -0.132. The van der Waals surface area contributed by atoms with E-state index in [-0.39, 0.29) is 17.5 Å². The van der Waals surface area contributed by atoms with E-state index in [1.54, 1.807) is 18.3 Å². The summed E-state index contributed by atoms with van der Waals surface area (Å²) in [5.41, 5.74) is 0.303. The Bertz CT molecular complexity index is 1220. The topological polar surface area (TPSA) is 103 Å². The molecular weight excluding hydrogens is 476 g/mol. The van der Waals surface area contributed by atoms with Crippen molar-refractivity contribution in [3.63, 3.8) is 0 Å². The largest absolute Gasteiger partial charge is 0.353 e. The Hall–Kier alpha value is -3.35. The normalized spacial score (nSPS) is 17.3. The molecule has 1 aliphatic rings. The second-order valence-corrected chi connectivity index (χ2v) is 9.60. The lowest BCUT2D eigenvalue weighted by Crippen LogP contribution is -2.51. The molecule has 2 N–H and O–H groups in total. The van der Waals surface area contributed by atoms with E-state index in [4.69, 9.17) is 0 Å². The molecule has 1 fully saturated rings. The summed E-state index contributed by atoms with van der Waals surface area (Å²) in [7, 11) is 1.82. The number of rotatable bonds is 9. The molecule has 2 aromatic heterocycles. The number of nitrogens with one attached hydrogen (secondary N) is 2. The summed E-state index contributed by atoms with van der Waals surface area (Å²) in [5, 5.41) is 7.28. The van der Waals surface area contributed by atoms with Gasteiger partial charge in [-0.3, -0.25) is 19.8 Å². The van der Waals surface area contributed by atoms with E-state index in [1.807, 2.05) is 30.7 Å². The van der Waals surface area contributed by atoms with Crippen LogP contribution < -0.4 is 15.5 Å². The fraction of sp³-hybridized carbons (Fsp3) is 0.348. The summed E-state index contributed by atoms with van der Waals surface area (Å²) in [6, 6.07) is 5.47. The molecule has 4 rings (SSSR count). The number of Topliss-reactive ketones (excluding diaryl/α,β-unsaturated/α-hetero) is 1. The Morgan fingerprint density at radius 3 is 2.74 bits per heavy atom. The summed E-state index contributed by atoms with van der Waals surface area (Å²) >= 11 is 1.25. The molecule has 184 valence electrons. The minimum atomic E-state index is -0.596. The van der Waals surface area contributed by atoms with Crippen LogP contribution in [0.4, 0.5) is 25.4 Å². The number of aldehydes is 1. The van der Waals surface area contributed by atoms with Gasteiger partial charge in [-0.1, -0.05) is 11.3 Å². The van der Waals surface area contributed by atoms with Crippen molar-refractivity contribution < 1.29 is 18.4 Å². The first-order valence-corrected chi connectivity index (χ1v) is 11.7. The number of hydrogen-bond acceptors (Lipinski definition) is 10. The Kier molecular flexibility index (Phi) is 7.15. The van der Waals surface area contributed by atoms with E-state index in [2.05, 4.69) is 25.6 Å². The molecule has 0 bridgehead atoms. The van der Waals surface area contributed by atoms with Crippen molar-refractivity contribution in [3.05, 3.63) is 48.3 Å². The third-order valence-corrected chi connectivity index (χ3v) is 7.14. The van der Waals surface area contributed by atoms with Gasteiger partial charge in [-0.05, 0) is 38.1 Å². The molecule has 9 nitrogen and oxygen atoms in total. The maximum atomic E-state index is 14.5. The zero-order valence-electron chi connectivity index (χ0n) is 19.5. The lowest BCUT2D eigenvalue weighted by Gasteiger charge is -2.33. The van der Waals surface area contributed by atoms with Gasteiger partial charge in [0.05, 0.1) is 18.4 Å². The number of nitrogens with zero attached hydrogens (tertiary/aromatic N) is 5. The highest BCUT2D eigenvalue weighted by Crippen LogP contribution is 2.34. The van der Waals surface area contributed by atoms with Gasteiger partial charge in [-0.25, -0.2) is 23.7 Å². The van der Waals surface area contributed by atoms with Crippen LogP contribution in [-0.2, 0) is 9.59 Å². The van der Waals surface area contributed by atoms with Gasteiger partial charge in [0.15, 0.2) is 12.1 Å². The molecule has 1 saturated heterocycles. The highest BCUT2D eigenvalue weighted by molar-refractivity contribution is 7.19. The van der Waals surface area contributed by atoms with E-state index in [0.717, 1.165) is 16.9 Å². The Morgan fingerprint density at radius 1 is 1.29 bits per heavy atom. The molecule has 3 aromatic rings. The Labute approximate surface area is 205 Å².